The molecular weight excluding hydrogens is 608 g/mol. The zero-order valence-electron chi connectivity index (χ0n) is 26.2. The second kappa shape index (κ2) is 12.3. The van der Waals surface area contributed by atoms with E-state index in [1.54, 1.807) is 12.3 Å². The number of fused-ring (bicyclic) bond motifs is 4. The van der Waals surface area contributed by atoms with Crippen LogP contribution in [0.1, 0.15) is 12.5 Å². The van der Waals surface area contributed by atoms with Gasteiger partial charge in [-0.05, 0) is 106 Å². The summed E-state index contributed by atoms with van der Waals surface area (Å²) in [4.78, 5) is 18.8. The number of halogens is 1. The maximum Gasteiger partial charge on any atom is 0.0811 e. The number of hydrogen-bond donors (Lipinski definition) is 0. The first kappa shape index (κ1) is 29.4. The van der Waals surface area contributed by atoms with Gasteiger partial charge in [0.2, 0.25) is 0 Å². The predicted molar refractivity (Wildman–Crippen MR) is 203 cm³/mol. The molecule has 8 rings (SSSR count). The topological polar surface area (TPSA) is 51.0 Å². The Labute approximate surface area is 283 Å². The first-order valence-corrected chi connectivity index (χ1v) is 16.2. The fourth-order valence-electron chi connectivity index (χ4n) is 6.55. The highest BCUT2D eigenvalue weighted by Crippen LogP contribution is 2.41. The van der Waals surface area contributed by atoms with E-state index >= 15 is 0 Å². The van der Waals surface area contributed by atoms with E-state index in [0.29, 0.717) is 5.02 Å². The monoisotopic (exact) mass is 636 g/mol. The summed E-state index contributed by atoms with van der Waals surface area (Å²) in [5, 5.41) is 3.73. The summed E-state index contributed by atoms with van der Waals surface area (Å²) in [5.41, 5.74) is 13.1. The molecule has 3 heterocycles. The number of benzene rings is 5. The summed E-state index contributed by atoms with van der Waals surface area (Å²) >= 11 is 6.89. The average molecular weight is 637 g/mol. The molecular formula is C43H29ClN4. The summed E-state index contributed by atoms with van der Waals surface area (Å²) in [5.74, 6) is 0. The van der Waals surface area contributed by atoms with Crippen molar-refractivity contribution in [2.75, 3.05) is 0 Å². The molecule has 0 saturated heterocycles. The van der Waals surface area contributed by atoms with Crippen molar-refractivity contribution in [3.05, 3.63) is 151 Å². The lowest BCUT2D eigenvalue weighted by atomic mass is 9.90. The molecule has 0 spiro atoms. The summed E-state index contributed by atoms with van der Waals surface area (Å²) < 4.78 is 0. The van der Waals surface area contributed by atoms with E-state index in [1.807, 2.05) is 49.8 Å². The zero-order valence-corrected chi connectivity index (χ0v) is 27.0. The quantitative estimate of drug-likeness (QED) is 0.135. The first-order valence-electron chi connectivity index (χ1n) is 15.8. The van der Waals surface area contributed by atoms with Gasteiger partial charge in [-0.2, -0.15) is 0 Å². The molecule has 48 heavy (non-hydrogen) atoms. The van der Waals surface area contributed by atoms with Gasteiger partial charge in [0.05, 0.1) is 22.2 Å². The normalized spacial score (nSPS) is 11.5. The molecule has 0 aliphatic heterocycles. The second-order valence-electron chi connectivity index (χ2n) is 11.6. The molecule has 228 valence electrons. The fourth-order valence-corrected chi connectivity index (χ4v) is 6.79. The number of aromatic nitrogens is 3. The number of aliphatic imine (C=N–C) groups is 1. The third-order valence-corrected chi connectivity index (χ3v) is 9.00. The fraction of sp³-hybridized carbons (Fsp3) is 0.0233. The minimum absolute atomic E-state index is 0.670. The second-order valence-corrected chi connectivity index (χ2v) is 12.1. The van der Waals surface area contributed by atoms with Crippen LogP contribution in [-0.4, -0.2) is 21.2 Å². The maximum absolute atomic E-state index is 6.89. The van der Waals surface area contributed by atoms with Gasteiger partial charge in [-0.25, -0.2) is 0 Å². The van der Waals surface area contributed by atoms with Crippen LogP contribution < -0.4 is 0 Å². The van der Waals surface area contributed by atoms with Gasteiger partial charge in [0.15, 0.2) is 0 Å². The number of hydrogen-bond acceptors (Lipinski definition) is 4. The molecule has 0 bridgehead atoms. The van der Waals surface area contributed by atoms with E-state index in [4.69, 9.17) is 21.6 Å². The molecule has 5 aromatic carbocycles. The summed E-state index contributed by atoms with van der Waals surface area (Å²) in [6.45, 7) is 5.86. The Morgan fingerprint density at radius 1 is 0.604 bits per heavy atom. The van der Waals surface area contributed by atoms with E-state index in [9.17, 15) is 0 Å². The Balaban J connectivity index is 1.23. The van der Waals surface area contributed by atoms with E-state index < -0.39 is 0 Å². The number of pyridine rings is 3. The van der Waals surface area contributed by atoms with Gasteiger partial charge >= 0.3 is 0 Å². The molecule has 0 aliphatic rings. The number of nitrogens with zero attached hydrogens (tertiary/aromatic N) is 4. The highest BCUT2D eigenvalue weighted by Gasteiger charge is 2.15. The lowest BCUT2D eigenvalue weighted by Crippen LogP contribution is -1.91. The van der Waals surface area contributed by atoms with Crippen LogP contribution in [0.2, 0.25) is 5.02 Å². The Hall–Kier alpha value is -5.97. The van der Waals surface area contributed by atoms with Crippen molar-refractivity contribution in [2.24, 2.45) is 4.99 Å². The highest BCUT2D eigenvalue weighted by molar-refractivity contribution is 6.31. The molecule has 0 saturated carbocycles. The van der Waals surface area contributed by atoms with Gasteiger partial charge in [-0.1, -0.05) is 84.9 Å². The van der Waals surface area contributed by atoms with E-state index in [0.717, 1.165) is 88.5 Å². The minimum Gasteiger partial charge on any atom is -0.260 e. The summed E-state index contributed by atoms with van der Waals surface area (Å²) in [7, 11) is 0. The minimum atomic E-state index is 0.670. The predicted octanol–water partition coefficient (Wildman–Crippen LogP) is 12.0. The SMILES string of the molecule is C=Cc1cnc2cc(-c3ccccc3-c3cc(Cl)cc(-c4ccccc4-c4ccc5c(c4)ncc4cccnc45)c3)ccc2c1/N=C\C. The van der Waals surface area contributed by atoms with Crippen LogP contribution >= 0.6 is 11.6 Å². The van der Waals surface area contributed by atoms with Gasteiger partial charge in [0.1, 0.15) is 0 Å². The molecule has 0 radical (unpaired) electrons. The molecule has 0 unspecified atom stereocenters. The van der Waals surface area contributed by atoms with Gasteiger partial charge in [0.25, 0.3) is 0 Å². The lowest BCUT2D eigenvalue weighted by Gasteiger charge is -2.15. The standard InChI is InChI=1S/C43H29ClN4/c1-3-27-25-47-40-23-28(15-17-38(40)42(27)45-4-2)34-11-5-7-13-36(34)31-20-32(22-33(44)21-31)37-14-8-6-12-35(37)29-16-18-39-41(24-29)48-26-30-10-9-19-46-43(30)39/h3-26H,1H2,2H3/b45-4-. The Morgan fingerprint density at radius 3 is 1.81 bits per heavy atom. The van der Waals surface area contributed by atoms with E-state index in [1.165, 1.54) is 0 Å². The first-order chi connectivity index (χ1) is 23.6. The highest BCUT2D eigenvalue weighted by atomic mass is 35.5. The van der Waals surface area contributed by atoms with Crippen molar-refractivity contribution < 1.29 is 0 Å². The van der Waals surface area contributed by atoms with Crippen molar-refractivity contribution in [3.8, 4) is 44.5 Å². The zero-order chi connectivity index (χ0) is 32.6. The van der Waals surface area contributed by atoms with Crippen molar-refractivity contribution >= 4 is 62.3 Å². The van der Waals surface area contributed by atoms with Gasteiger partial charge < -0.3 is 0 Å². The molecule has 0 amide bonds. The van der Waals surface area contributed by atoms with Gasteiger partial charge in [0, 0.05) is 51.5 Å². The Bertz CT molecular complexity index is 2570. The van der Waals surface area contributed by atoms with Crippen LogP contribution in [0.25, 0.3) is 83.3 Å². The van der Waals surface area contributed by atoms with Crippen LogP contribution in [0.3, 0.4) is 0 Å². The molecule has 0 N–H and O–H groups in total. The van der Waals surface area contributed by atoms with Crippen molar-refractivity contribution in [1.82, 2.24) is 15.0 Å². The van der Waals surface area contributed by atoms with Crippen LogP contribution in [0.5, 0.6) is 0 Å². The molecule has 0 fully saturated rings. The van der Waals surface area contributed by atoms with Gasteiger partial charge in [-0.15, -0.1) is 0 Å². The largest absolute Gasteiger partial charge is 0.260 e. The maximum atomic E-state index is 6.89. The van der Waals surface area contributed by atoms with Crippen LogP contribution in [0, 0.1) is 0 Å². The molecule has 0 atom stereocenters. The summed E-state index contributed by atoms with van der Waals surface area (Å²) in [6.07, 6.45) is 9.15. The Morgan fingerprint density at radius 2 is 1.19 bits per heavy atom. The summed E-state index contributed by atoms with van der Waals surface area (Å²) in [6, 6.07) is 39.9. The van der Waals surface area contributed by atoms with Gasteiger partial charge in [-0.3, -0.25) is 19.9 Å². The lowest BCUT2D eigenvalue weighted by molar-refractivity contribution is 1.38. The van der Waals surface area contributed by atoms with Crippen LogP contribution in [-0.2, 0) is 0 Å². The molecule has 0 aliphatic carbocycles. The van der Waals surface area contributed by atoms with Crippen molar-refractivity contribution in [3.63, 3.8) is 0 Å². The van der Waals surface area contributed by atoms with Crippen molar-refractivity contribution in [1.29, 1.82) is 0 Å². The molecule has 4 nitrogen and oxygen atoms in total. The van der Waals surface area contributed by atoms with E-state index in [2.05, 4.69) is 108 Å². The average Bonchev–Trinajstić information content (AvgIpc) is 3.14. The molecule has 3 aromatic heterocycles. The molecule has 5 heteroatoms. The third-order valence-electron chi connectivity index (χ3n) is 8.78. The third kappa shape index (κ3) is 5.23. The Kier molecular flexibility index (Phi) is 7.56. The van der Waals surface area contributed by atoms with Crippen molar-refractivity contribution in [2.45, 2.75) is 6.92 Å². The smallest absolute Gasteiger partial charge is 0.0811 e. The number of rotatable bonds is 6. The van der Waals surface area contributed by atoms with E-state index in [-0.39, 0.29) is 0 Å². The van der Waals surface area contributed by atoms with Crippen LogP contribution in [0.4, 0.5) is 5.69 Å². The van der Waals surface area contributed by atoms with Crippen LogP contribution in [0.15, 0.2) is 145 Å². The molecule has 8 aromatic rings.